The van der Waals surface area contributed by atoms with Crippen molar-refractivity contribution in [3.63, 3.8) is 0 Å². The molecule has 1 aromatic rings. The summed E-state index contributed by atoms with van der Waals surface area (Å²) < 4.78 is 1.13. The lowest BCUT2D eigenvalue weighted by molar-refractivity contribution is 0.727. The SMILES string of the molecule is CCC1CN(c2ccc([C@H](C)N)c(Br)c2)CCS1. The highest BCUT2D eigenvalue weighted by Crippen LogP contribution is 2.30. The quantitative estimate of drug-likeness (QED) is 0.915. The van der Waals surface area contributed by atoms with Crippen LogP contribution >= 0.6 is 27.7 Å². The molecule has 18 heavy (non-hydrogen) atoms. The van der Waals surface area contributed by atoms with Crippen LogP contribution in [0, 0.1) is 0 Å². The smallest absolute Gasteiger partial charge is 0.0378 e. The molecule has 0 bridgehead atoms. The van der Waals surface area contributed by atoms with Gasteiger partial charge in [-0.25, -0.2) is 0 Å². The standard InChI is InChI=1S/C14H21BrN2S/c1-3-12-9-17(6-7-18-12)11-4-5-13(10(2)16)14(15)8-11/h4-5,8,10,12H,3,6-7,9,16H2,1-2H3/t10-,12?/m0/s1. The van der Waals surface area contributed by atoms with Crippen molar-refractivity contribution in [3.8, 4) is 0 Å². The summed E-state index contributed by atoms with van der Waals surface area (Å²) in [4.78, 5) is 2.49. The Labute approximate surface area is 122 Å². The highest BCUT2D eigenvalue weighted by Gasteiger charge is 2.19. The van der Waals surface area contributed by atoms with E-state index in [1.165, 1.54) is 23.4 Å². The van der Waals surface area contributed by atoms with E-state index >= 15 is 0 Å². The second-order valence-electron chi connectivity index (χ2n) is 4.84. The van der Waals surface area contributed by atoms with Crippen LogP contribution in [0.25, 0.3) is 0 Å². The van der Waals surface area contributed by atoms with E-state index in [4.69, 9.17) is 5.73 Å². The molecule has 0 amide bonds. The molecule has 0 spiro atoms. The van der Waals surface area contributed by atoms with Gasteiger partial charge in [-0.1, -0.05) is 28.9 Å². The van der Waals surface area contributed by atoms with Gasteiger partial charge in [0.15, 0.2) is 0 Å². The Hall–Kier alpha value is -0.190. The molecule has 1 unspecified atom stereocenters. The molecule has 1 fully saturated rings. The number of nitrogens with two attached hydrogens (primary N) is 1. The van der Waals surface area contributed by atoms with Crippen molar-refractivity contribution in [2.75, 3.05) is 23.7 Å². The van der Waals surface area contributed by atoms with Crippen molar-refractivity contribution in [3.05, 3.63) is 28.2 Å². The van der Waals surface area contributed by atoms with Crippen molar-refractivity contribution >= 4 is 33.4 Å². The molecule has 0 saturated carbocycles. The van der Waals surface area contributed by atoms with Crippen LogP contribution in [0.3, 0.4) is 0 Å². The second kappa shape index (κ2) is 6.31. The molecule has 1 aliphatic heterocycles. The first-order valence-corrected chi connectivity index (χ1v) is 8.37. The Balaban J connectivity index is 2.16. The molecular formula is C14H21BrN2S. The van der Waals surface area contributed by atoms with Gasteiger partial charge < -0.3 is 10.6 Å². The molecule has 1 saturated heterocycles. The maximum absolute atomic E-state index is 5.94. The fourth-order valence-electron chi connectivity index (χ4n) is 2.28. The van der Waals surface area contributed by atoms with Crippen LogP contribution < -0.4 is 10.6 Å². The van der Waals surface area contributed by atoms with Gasteiger partial charge in [-0.2, -0.15) is 11.8 Å². The summed E-state index contributed by atoms with van der Waals surface area (Å²) in [5.41, 5.74) is 8.43. The maximum atomic E-state index is 5.94. The second-order valence-corrected chi connectivity index (χ2v) is 7.10. The number of hydrogen-bond acceptors (Lipinski definition) is 3. The molecule has 0 radical (unpaired) electrons. The van der Waals surface area contributed by atoms with E-state index in [2.05, 4.69) is 57.7 Å². The Morgan fingerprint density at radius 1 is 1.56 bits per heavy atom. The summed E-state index contributed by atoms with van der Waals surface area (Å²) in [5, 5.41) is 0.769. The summed E-state index contributed by atoms with van der Waals surface area (Å²) in [6.45, 7) is 6.59. The van der Waals surface area contributed by atoms with Crippen LogP contribution in [0.15, 0.2) is 22.7 Å². The van der Waals surface area contributed by atoms with Crippen LogP contribution in [0.2, 0.25) is 0 Å². The van der Waals surface area contributed by atoms with Crippen molar-refractivity contribution in [2.24, 2.45) is 5.73 Å². The number of benzene rings is 1. The molecule has 0 aliphatic carbocycles. The molecule has 2 atom stereocenters. The predicted molar refractivity (Wildman–Crippen MR) is 85.5 cm³/mol. The number of hydrogen-bond donors (Lipinski definition) is 1. The Bertz CT molecular complexity index is 409. The largest absolute Gasteiger partial charge is 0.370 e. The predicted octanol–water partition coefficient (Wildman–Crippen LogP) is 3.80. The van der Waals surface area contributed by atoms with Gasteiger partial charge in [-0.05, 0) is 31.0 Å². The minimum Gasteiger partial charge on any atom is -0.370 e. The van der Waals surface area contributed by atoms with E-state index in [0.717, 1.165) is 22.8 Å². The third-order valence-electron chi connectivity index (χ3n) is 3.43. The van der Waals surface area contributed by atoms with Crippen LogP contribution in [0.1, 0.15) is 31.9 Å². The molecule has 1 heterocycles. The maximum Gasteiger partial charge on any atom is 0.0378 e. The Kier molecular flexibility index (Phi) is 4.98. The van der Waals surface area contributed by atoms with Crippen LogP contribution in [-0.2, 0) is 0 Å². The van der Waals surface area contributed by atoms with E-state index in [1.54, 1.807) is 0 Å². The van der Waals surface area contributed by atoms with E-state index < -0.39 is 0 Å². The Morgan fingerprint density at radius 3 is 2.94 bits per heavy atom. The fraction of sp³-hybridized carbons (Fsp3) is 0.571. The summed E-state index contributed by atoms with van der Waals surface area (Å²) in [5.74, 6) is 1.23. The van der Waals surface area contributed by atoms with Crippen molar-refractivity contribution < 1.29 is 0 Å². The molecule has 2 rings (SSSR count). The lowest BCUT2D eigenvalue weighted by Crippen LogP contribution is -2.37. The molecule has 2 nitrogen and oxygen atoms in total. The van der Waals surface area contributed by atoms with Crippen LogP contribution in [0.5, 0.6) is 0 Å². The molecule has 0 aromatic heterocycles. The van der Waals surface area contributed by atoms with Crippen molar-refractivity contribution in [1.82, 2.24) is 0 Å². The van der Waals surface area contributed by atoms with Crippen molar-refractivity contribution in [1.29, 1.82) is 0 Å². The minimum absolute atomic E-state index is 0.0775. The zero-order valence-electron chi connectivity index (χ0n) is 11.0. The number of rotatable bonds is 3. The van der Waals surface area contributed by atoms with Gasteiger partial charge in [0, 0.05) is 40.3 Å². The first kappa shape index (κ1) is 14.2. The van der Waals surface area contributed by atoms with E-state index in [-0.39, 0.29) is 6.04 Å². The monoisotopic (exact) mass is 328 g/mol. The van der Waals surface area contributed by atoms with Gasteiger partial charge in [-0.15, -0.1) is 0 Å². The number of thioether (sulfide) groups is 1. The molecule has 2 N–H and O–H groups in total. The van der Waals surface area contributed by atoms with Gasteiger partial charge in [0.05, 0.1) is 0 Å². The summed E-state index contributed by atoms with van der Waals surface area (Å²) in [7, 11) is 0. The summed E-state index contributed by atoms with van der Waals surface area (Å²) >= 11 is 5.74. The van der Waals surface area contributed by atoms with Crippen molar-refractivity contribution in [2.45, 2.75) is 31.6 Å². The third-order valence-corrected chi connectivity index (χ3v) is 5.49. The van der Waals surface area contributed by atoms with Gasteiger partial charge in [-0.3, -0.25) is 0 Å². The summed E-state index contributed by atoms with van der Waals surface area (Å²) in [6, 6.07) is 6.63. The van der Waals surface area contributed by atoms with E-state index in [0.29, 0.717) is 0 Å². The van der Waals surface area contributed by atoms with Gasteiger partial charge in [0.1, 0.15) is 0 Å². The average molecular weight is 329 g/mol. The lowest BCUT2D eigenvalue weighted by Gasteiger charge is -2.34. The van der Waals surface area contributed by atoms with Gasteiger partial charge in [0.25, 0.3) is 0 Å². The minimum atomic E-state index is 0.0775. The Morgan fingerprint density at radius 2 is 2.33 bits per heavy atom. The van der Waals surface area contributed by atoms with Crippen LogP contribution in [0.4, 0.5) is 5.69 Å². The fourth-order valence-corrected chi connectivity index (χ4v) is 4.19. The highest BCUT2D eigenvalue weighted by atomic mass is 79.9. The topological polar surface area (TPSA) is 29.3 Å². The molecule has 1 aliphatic rings. The molecule has 100 valence electrons. The van der Waals surface area contributed by atoms with E-state index in [9.17, 15) is 0 Å². The van der Waals surface area contributed by atoms with E-state index in [1.807, 2.05) is 6.92 Å². The lowest BCUT2D eigenvalue weighted by atomic mass is 10.1. The summed E-state index contributed by atoms with van der Waals surface area (Å²) in [6.07, 6.45) is 1.25. The zero-order valence-corrected chi connectivity index (χ0v) is 13.4. The normalized spacial score (nSPS) is 22.0. The molecule has 1 aromatic carbocycles. The third kappa shape index (κ3) is 3.22. The highest BCUT2D eigenvalue weighted by molar-refractivity contribution is 9.10. The average Bonchev–Trinajstić information content (AvgIpc) is 2.38. The molecule has 4 heteroatoms. The number of nitrogens with zero attached hydrogens (tertiary/aromatic N) is 1. The zero-order chi connectivity index (χ0) is 13.1. The molecular weight excluding hydrogens is 308 g/mol. The first-order valence-electron chi connectivity index (χ1n) is 6.53. The first-order chi connectivity index (χ1) is 8.61. The number of halogens is 1. The van der Waals surface area contributed by atoms with Crippen LogP contribution in [-0.4, -0.2) is 24.1 Å². The van der Waals surface area contributed by atoms with Gasteiger partial charge in [0.2, 0.25) is 0 Å². The van der Waals surface area contributed by atoms with Gasteiger partial charge >= 0.3 is 0 Å². The number of anilines is 1.